The molecule has 1 aromatic rings. The minimum Gasteiger partial charge on any atom is -0.493 e. The quantitative estimate of drug-likeness (QED) is 0.598. The maximum Gasteiger partial charge on any atom is 0.286 e. The maximum absolute atomic E-state index is 12.3. The van der Waals surface area contributed by atoms with E-state index in [0.717, 1.165) is 19.4 Å². The first-order chi connectivity index (χ1) is 10.6. The van der Waals surface area contributed by atoms with E-state index < -0.39 is 10.8 Å². The van der Waals surface area contributed by atoms with Gasteiger partial charge >= 0.3 is 0 Å². The van der Waals surface area contributed by atoms with Crippen molar-refractivity contribution in [3.63, 3.8) is 0 Å². The summed E-state index contributed by atoms with van der Waals surface area (Å²) in [4.78, 5) is 22.8. The number of amides is 1. The van der Waals surface area contributed by atoms with Crippen molar-refractivity contribution in [3.8, 4) is 11.5 Å². The predicted molar refractivity (Wildman–Crippen MR) is 86.8 cm³/mol. The highest BCUT2D eigenvalue weighted by Gasteiger charge is 2.25. The van der Waals surface area contributed by atoms with Crippen molar-refractivity contribution in [2.75, 3.05) is 27.3 Å². The number of nitrogens with zero attached hydrogens (tertiary/aromatic N) is 1. The third kappa shape index (κ3) is 4.46. The van der Waals surface area contributed by atoms with Gasteiger partial charge in [0, 0.05) is 18.7 Å². The Kier molecular flexibility index (Phi) is 7.05. The number of nitro benzene ring substituents is 1. The topological polar surface area (TPSA) is 103 Å². The normalized spacial score (nSPS) is 16.3. The van der Waals surface area contributed by atoms with Gasteiger partial charge in [-0.25, -0.2) is 0 Å². The summed E-state index contributed by atoms with van der Waals surface area (Å²) in [6.45, 7) is 1.36. The number of rotatable bonds is 6. The molecule has 23 heavy (non-hydrogen) atoms. The number of nitrogens with one attached hydrogen (secondary N) is 2. The summed E-state index contributed by atoms with van der Waals surface area (Å²) in [5.74, 6) is -0.0122. The first kappa shape index (κ1) is 19.0. The molecule has 128 valence electrons. The molecule has 1 unspecified atom stereocenters. The molecule has 1 heterocycles. The van der Waals surface area contributed by atoms with Gasteiger partial charge in [0.2, 0.25) is 0 Å². The fraction of sp³-hybridized carbons (Fsp3) is 0.500. The third-order valence-corrected chi connectivity index (χ3v) is 3.61. The molecule has 8 nitrogen and oxygen atoms in total. The second-order valence-electron chi connectivity index (χ2n) is 4.98. The van der Waals surface area contributed by atoms with E-state index in [-0.39, 0.29) is 41.2 Å². The molecule has 1 aromatic carbocycles. The van der Waals surface area contributed by atoms with E-state index in [9.17, 15) is 14.9 Å². The van der Waals surface area contributed by atoms with Crippen LogP contribution in [0, 0.1) is 10.1 Å². The summed E-state index contributed by atoms with van der Waals surface area (Å²) >= 11 is 0. The molecule has 1 amide bonds. The van der Waals surface area contributed by atoms with Crippen LogP contribution in [-0.4, -0.2) is 44.2 Å². The van der Waals surface area contributed by atoms with Gasteiger partial charge in [-0.05, 0) is 19.4 Å². The van der Waals surface area contributed by atoms with Gasteiger partial charge in [-0.3, -0.25) is 14.9 Å². The molecular formula is C14H20ClN3O5. The molecule has 0 aromatic heterocycles. The number of carbonyl (C=O) groups is 1. The molecule has 1 fully saturated rings. The lowest BCUT2D eigenvalue weighted by molar-refractivity contribution is -0.385. The maximum atomic E-state index is 12.3. The zero-order chi connectivity index (χ0) is 16.1. The molecule has 1 atom stereocenters. The lowest BCUT2D eigenvalue weighted by Gasteiger charge is -2.13. The highest BCUT2D eigenvalue weighted by molar-refractivity contribution is 5.99. The van der Waals surface area contributed by atoms with Gasteiger partial charge < -0.3 is 20.1 Å². The summed E-state index contributed by atoms with van der Waals surface area (Å²) in [6, 6.07) is 2.74. The minimum absolute atomic E-state index is 0. The Bertz CT molecular complexity index is 576. The van der Waals surface area contributed by atoms with Gasteiger partial charge in [-0.15, -0.1) is 12.4 Å². The molecule has 9 heteroatoms. The molecule has 0 bridgehead atoms. The Labute approximate surface area is 140 Å². The van der Waals surface area contributed by atoms with Crippen molar-refractivity contribution in [3.05, 3.63) is 27.8 Å². The van der Waals surface area contributed by atoms with Crippen molar-refractivity contribution in [1.29, 1.82) is 0 Å². The van der Waals surface area contributed by atoms with Crippen molar-refractivity contribution < 1.29 is 19.2 Å². The molecule has 1 aliphatic rings. The van der Waals surface area contributed by atoms with Crippen LogP contribution in [0.5, 0.6) is 11.5 Å². The molecule has 0 spiro atoms. The van der Waals surface area contributed by atoms with E-state index in [1.807, 2.05) is 0 Å². The summed E-state index contributed by atoms with van der Waals surface area (Å²) in [6.07, 6.45) is 2.05. The Balaban J connectivity index is 0.00000264. The lowest BCUT2D eigenvalue weighted by atomic mass is 10.1. The standard InChI is InChI=1S/C14H19N3O5.ClH/c1-21-12-6-10(11(17(19)20)7-13(12)22-2)14(18)16-8-9-4-3-5-15-9;/h6-7,9,15H,3-5,8H2,1-2H3,(H,16,18);1H. The van der Waals surface area contributed by atoms with E-state index in [0.29, 0.717) is 6.54 Å². The summed E-state index contributed by atoms with van der Waals surface area (Å²) < 4.78 is 10.1. The monoisotopic (exact) mass is 345 g/mol. The van der Waals surface area contributed by atoms with Gasteiger partial charge in [0.25, 0.3) is 11.6 Å². The van der Waals surface area contributed by atoms with Crippen LogP contribution in [0.2, 0.25) is 0 Å². The SMILES string of the molecule is COc1cc(C(=O)NCC2CCCN2)c([N+](=O)[O-])cc1OC.Cl. The largest absolute Gasteiger partial charge is 0.493 e. The van der Waals surface area contributed by atoms with Crippen molar-refractivity contribution in [2.24, 2.45) is 0 Å². The second kappa shape index (κ2) is 8.54. The highest BCUT2D eigenvalue weighted by Crippen LogP contribution is 2.34. The summed E-state index contributed by atoms with van der Waals surface area (Å²) in [7, 11) is 2.79. The van der Waals surface area contributed by atoms with Crippen LogP contribution in [0.3, 0.4) is 0 Å². The Morgan fingerprint density at radius 3 is 2.57 bits per heavy atom. The highest BCUT2D eigenvalue weighted by atomic mass is 35.5. The van der Waals surface area contributed by atoms with Crippen molar-refractivity contribution in [1.82, 2.24) is 10.6 Å². The van der Waals surface area contributed by atoms with Crippen LogP contribution in [0.4, 0.5) is 5.69 Å². The zero-order valence-corrected chi connectivity index (χ0v) is 13.8. The van der Waals surface area contributed by atoms with Gasteiger partial charge in [-0.2, -0.15) is 0 Å². The summed E-state index contributed by atoms with van der Waals surface area (Å²) in [5, 5.41) is 17.1. The molecule has 1 saturated heterocycles. The van der Waals surface area contributed by atoms with Crippen LogP contribution in [-0.2, 0) is 0 Å². The molecule has 0 saturated carbocycles. The number of methoxy groups -OCH3 is 2. The number of ether oxygens (including phenoxy) is 2. The van der Waals surface area contributed by atoms with Crippen LogP contribution in [0.1, 0.15) is 23.2 Å². The van der Waals surface area contributed by atoms with Crippen LogP contribution in [0.25, 0.3) is 0 Å². The van der Waals surface area contributed by atoms with Crippen LogP contribution >= 0.6 is 12.4 Å². The fourth-order valence-corrected chi connectivity index (χ4v) is 2.44. The number of carbonyl (C=O) groups excluding carboxylic acids is 1. The van der Waals surface area contributed by atoms with E-state index in [2.05, 4.69) is 10.6 Å². The lowest BCUT2D eigenvalue weighted by Crippen LogP contribution is -2.37. The van der Waals surface area contributed by atoms with Gasteiger partial charge in [0.15, 0.2) is 11.5 Å². The van der Waals surface area contributed by atoms with E-state index >= 15 is 0 Å². The molecule has 1 aliphatic heterocycles. The van der Waals surface area contributed by atoms with Crippen molar-refractivity contribution >= 4 is 24.0 Å². The average Bonchev–Trinajstić information content (AvgIpc) is 3.04. The Morgan fingerprint density at radius 2 is 2.04 bits per heavy atom. The Morgan fingerprint density at radius 1 is 1.39 bits per heavy atom. The molecule has 0 aliphatic carbocycles. The number of nitro groups is 1. The van der Waals surface area contributed by atoms with Gasteiger partial charge in [-0.1, -0.05) is 0 Å². The smallest absolute Gasteiger partial charge is 0.286 e. The number of halogens is 1. The van der Waals surface area contributed by atoms with E-state index in [4.69, 9.17) is 9.47 Å². The minimum atomic E-state index is -0.606. The van der Waals surface area contributed by atoms with Crippen LogP contribution < -0.4 is 20.1 Å². The van der Waals surface area contributed by atoms with Gasteiger partial charge in [0.1, 0.15) is 5.56 Å². The number of hydrogen-bond acceptors (Lipinski definition) is 6. The Hall–Kier alpha value is -2.06. The van der Waals surface area contributed by atoms with Crippen molar-refractivity contribution in [2.45, 2.75) is 18.9 Å². The second-order valence-corrected chi connectivity index (χ2v) is 4.98. The average molecular weight is 346 g/mol. The van der Waals surface area contributed by atoms with E-state index in [1.54, 1.807) is 0 Å². The first-order valence-electron chi connectivity index (χ1n) is 6.98. The molecule has 0 radical (unpaired) electrons. The van der Waals surface area contributed by atoms with Crippen LogP contribution in [0.15, 0.2) is 12.1 Å². The number of hydrogen-bond donors (Lipinski definition) is 2. The molecular weight excluding hydrogens is 326 g/mol. The molecule has 2 rings (SSSR count). The zero-order valence-electron chi connectivity index (χ0n) is 13.0. The van der Waals surface area contributed by atoms with E-state index in [1.165, 1.54) is 26.4 Å². The predicted octanol–water partition coefficient (Wildman–Crippen LogP) is 1.52. The summed E-state index contributed by atoms with van der Waals surface area (Å²) in [5.41, 5.74) is -0.352. The first-order valence-corrected chi connectivity index (χ1v) is 6.98. The third-order valence-electron chi connectivity index (χ3n) is 3.61. The molecule has 2 N–H and O–H groups in total. The van der Waals surface area contributed by atoms with Gasteiger partial charge in [0.05, 0.1) is 25.2 Å². The number of benzene rings is 1. The fourth-order valence-electron chi connectivity index (χ4n) is 2.44.